The van der Waals surface area contributed by atoms with E-state index >= 15 is 0 Å². The van der Waals surface area contributed by atoms with Gasteiger partial charge in [-0.25, -0.2) is 9.98 Å². The van der Waals surface area contributed by atoms with Gasteiger partial charge in [-0.2, -0.15) is 0 Å². The molecule has 0 atom stereocenters. The third-order valence-corrected chi connectivity index (χ3v) is 0.858. The minimum atomic E-state index is 0.362. The third kappa shape index (κ3) is 0.959. The van der Waals surface area contributed by atoms with Crippen molar-refractivity contribution < 1.29 is 0 Å². The van der Waals surface area contributed by atoms with Gasteiger partial charge in [0.25, 0.3) is 0 Å². The van der Waals surface area contributed by atoms with Crippen LogP contribution in [0, 0.1) is 0 Å². The van der Waals surface area contributed by atoms with E-state index in [-0.39, 0.29) is 0 Å². The van der Waals surface area contributed by atoms with Gasteiger partial charge < -0.3 is 11.1 Å². The van der Waals surface area contributed by atoms with Crippen LogP contribution in [0.15, 0.2) is 9.98 Å². The van der Waals surface area contributed by atoms with Crippen LogP contribution < -0.4 is 11.1 Å². The summed E-state index contributed by atoms with van der Waals surface area (Å²) in [5.41, 5.74) is 5.25. The Morgan fingerprint density at radius 2 is 2.50 bits per heavy atom. The minimum absolute atomic E-state index is 0.362. The maximum Gasteiger partial charge on any atom is 0.218 e. The molecule has 0 aromatic carbocycles. The minimum Gasteiger partial charge on any atom is -0.368 e. The van der Waals surface area contributed by atoms with Gasteiger partial charge in [0.1, 0.15) is 12.5 Å². The predicted molar refractivity (Wildman–Crippen MR) is 32.7 cm³/mol. The first-order valence-corrected chi connectivity index (χ1v) is 2.38. The van der Waals surface area contributed by atoms with E-state index in [1.54, 1.807) is 0 Å². The van der Waals surface area contributed by atoms with Gasteiger partial charge in [0.05, 0.1) is 0 Å². The van der Waals surface area contributed by atoms with Crippen LogP contribution in [0.1, 0.15) is 6.92 Å². The molecule has 4 nitrogen and oxygen atoms in total. The van der Waals surface area contributed by atoms with Crippen molar-refractivity contribution in [3.05, 3.63) is 0 Å². The van der Waals surface area contributed by atoms with Crippen molar-refractivity contribution in [1.82, 2.24) is 5.32 Å². The molecular formula is C4H8N4. The highest BCUT2D eigenvalue weighted by molar-refractivity contribution is 5.95. The molecule has 0 aromatic rings. The van der Waals surface area contributed by atoms with Crippen molar-refractivity contribution in [2.24, 2.45) is 15.7 Å². The van der Waals surface area contributed by atoms with Crippen molar-refractivity contribution in [1.29, 1.82) is 0 Å². The summed E-state index contributed by atoms with van der Waals surface area (Å²) in [5.74, 6) is 1.19. The van der Waals surface area contributed by atoms with Gasteiger partial charge in [0, 0.05) is 0 Å². The van der Waals surface area contributed by atoms with Crippen LogP contribution in [0.3, 0.4) is 0 Å². The normalized spacial score (nSPS) is 18.6. The molecule has 1 rings (SSSR count). The summed E-state index contributed by atoms with van der Waals surface area (Å²) in [6, 6.07) is 0. The van der Waals surface area contributed by atoms with Crippen LogP contribution in [-0.2, 0) is 0 Å². The van der Waals surface area contributed by atoms with Crippen LogP contribution in [0.5, 0.6) is 0 Å². The van der Waals surface area contributed by atoms with Crippen LogP contribution >= 0.6 is 0 Å². The van der Waals surface area contributed by atoms with E-state index < -0.39 is 0 Å². The molecule has 0 spiro atoms. The quantitative estimate of drug-likeness (QED) is 0.434. The van der Waals surface area contributed by atoms with E-state index in [9.17, 15) is 0 Å². The van der Waals surface area contributed by atoms with Crippen LogP contribution in [0.25, 0.3) is 0 Å². The molecular weight excluding hydrogens is 104 g/mol. The smallest absolute Gasteiger partial charge is 0.218 e. The average Bonchev–Trinajstić information content (AvgIpc) is 1.64. The number of nitrogens with one attached hydrogen (secondary N) is 1. The Balaban J connectivity index is 2.69. The molecule has 4 heteroatoms. The van der Waals surface area contributed by atoms with Crippen molar-refractivity contribution in [3.63, 3.8) is 0 Å². The second kappa shape index (κ2) is 1.81. The van der Waals surface area contributed by atoms with Gasteiger partial charge in [0.15, 0.2) is 0 Å². The molecule has 0 saturated heterocycles. The highest BCUT2D eigenvalue weighted by atomic mass is 15.2. The van der Waals surface area contributed by atoms with Gasteiger partial charge in [-0.1, -0.05) is 0 Å². The van der Waals surface area contributed by atoms with E-state index in [0.29, 0.717) is 12.6 Å². The summed E-state index contributed by atoms with van der Waals surface area (Å²) in [6.45, 7) is 2.41. The molecule has 44 valence electrons. The topological polar surface area (TPSA) is 62.8 Å². The van der Waals surface area contributed by atoms with Crippen molar-refractivity contribution in [2.75, 3.05) is 6.67 Å². The van der Waals surface area contributed by atoms with Crippen molar-refractivity contribution in [3.8, 4) is 0 Å². The number of aliphatic imine (C=N–C) groups is 2. The number of nitrogens with two attached hydrogens (primary N) is 1. The number of amidine groups is 1. The molecule has 0 unspecified atom stereocenters. The number of guanidine groups is 1. The van der Waals surface area contributed by atoms with Gasteiger partial charge >= 0.3 is 0 Å². The number of rotatable bonds is 0. The summed E-state index contributed by atoms with van der Waals surface area (Å²) in [6.07, 6.45) is 0. The molecule has 3 N–H and O–H groups in total. The lowest BCUT2D eigenvalue weighted by Crippen LogP contribution is -2.29. The lowest BCUT2D eigenvalue weighted by Gasteiger charge is -2.06. The van der Waals surface area contributed by atoms with E-state index in [4.69, 9.17) is 5.73 Å². The fraction of sp³-hybridized carbons (Fsp3) is 0.500. The zero-order valence-electron chi connectivity index (χ0n) is 4.68. The predicted octanol–water partition coefficient (Wildman–Crippen LogP) is -0.720. The Kier molecular flexibility index (Phi) is 1.15. The first-order valence-electron chi connectivity index (χ1n) is 2.38. The molecule has 0 radical (unpaired) electrons. The first-order chi connectivity index (χ1) is 3.79. The summed E-state index contributed by atoms with van der Waals surface area (Å²) in [5, 5.41) is 2.89. The molecule has 1 heterocycles. The number of nitrogens with zero attached hydrogens (tertiary/aromatic N) is 2. The third-order valence-electron chi connectivity index (χ3n) is 0.858. The Morgan fingerprint density at radius 3 is 2.88 bits per heavy atom. The van der Waals surface area contributed by atoms with E-state index in [0.717, 1.165) is 5.84 Å². The summed E-state index contributed by atoms with van der Waals surface area (Å²) in [4.78, 5) is 7.59. The van der Waals surface area contributed by atoms with Crippen molar-refractivity contribution >= 4 is 11.8 Å². The fourth-order valence-electron chi connectivity index (χ4n) is 0.482. The lowest BCUT2D eigenvalue weighted by molar-refractivity contribution is 0.897. The second-order valence-electron chi connectivity index (χ2n) is 1.55. The van der Waals surface area contributed by atoms with E-state index in [1.165, 1.54) is 0 Å². The standard InChI is InChI=1S/C4H8N4/c1-3-6-2-7-4(5)8-3/h2H2,1H3,(H3,5,6,7,8). The average molecular weight is 112 g/mol. The van der Waals surface area contributed by atoms with Gasteiger partial charge in [-0.15, -0.1) is 0 Å². The molecule has 0 fully saturated rings. The largest absolute Gasteiger partial charge is 0.368 e. The highest BCUT2D eigenvalue weighted by Gasteiger charge is 1.95. The molecule has 0 saturated carbocycles. The number of hydrogen-bond acceptors (Lipinski definition) is 4. The van der Waals surface area contributed by atoms with Crippen LogP contribution in [0.2, 0.25) is 0 Å². The van der Waals surface area contributed by atoms with Crippen molar-refractivity contribution in [2.45, 2.75) is 6.92 Å². The lowest BCUT2D eigenvalue weighted by atomic mass is 10.6. The summed E-state index contributed by atoms with van der Waals surface area (Å²) in [7, 11) is 0. The van der Waals surface area contributed by atoms with E-state index in [2.05, 4.69) is 15.3 Å². The maximum atomic E-state index is 5.25. The second-order valence-corrected chi connectivity index (χ2v) is 1.55. The number of hydrogen-bond donors (Lipinski definition) is 2. The van der Waals surface area contributed by atoms with Gasteiger partial charge in [-0.3, -0.25) is 0 Å². The molecule has 8 heavy (non-hydrogen) atoms. The molecule has 0 bridgehead atoms. The maximum absolute atomic E-state index is 5.25. The molecule has 0 amide bonds. The zero-order valence-corrected chi connectivity index (χ0v) is 4.68. The van der Waals surface area contributed by atoms with Gasteiger partial charge in [0.2, 0.25) is 5.96 Å². The monoisotopic (exact) mass is 112 g/mol. The summed E-state index contributed by atoms with van der Waals surface area (Å²) >= 11 is 0. The Labute approximate surface area is 47.5 Å². The zero-order chi connectivity index (χ0) is 5.98. The molecule has 1 aliphatic rings. The van der Waals surface area contributed by atoms with Crippen LogP contribution in [-0.4, -0.2) is 18.5 Å². The van der Waals surface area contributed by atoms with E-state index in [1.807, 2.05) is 6.92 Å². The highest BCUT2D eigenvalue weighted by Crippen LogP contribution is 1.81. The molecule has 1 aliphatic heterocycles. The van der Waals surface area contributed by atoms with Gasteiger partial charge in [-0.05, 0) is 6.92 Å². The fourth-order valence-corrected chi connectivity index (χ4v) is 0.482. The first kappa shape index (κ1) is 5.08. The van der Waals surface area contributed by atoms with Crippen LogP contribution in [0.4, 0.5) is 0 Å². The Bertz CT molecular complexity index is 146. The summed E-state index contributed by atoms with van der Waals surface area (Å²) < 4.78 is 0. The molecule has 0 aromatic heterocycles. The Morgan fingerprint density at radius 1 is 1.75 bits per heavy atom. The SMILES string of the molecule is CC1=NC(N)=NCN1. The molecule has 0 aliphatic carbocycles. The Hall–Kier alpha value is -1.06.